The lowest BCUT2D eigenvalue weighted by Gasteiger charge is -2.33. The van der Waals surface area contributed by atoms with Gasteiger partial charge in [-0.2, -0.15) is 5.10 Å². The first-order valence-electron chi connectivity index (χ1n) is 8.68. The molecule has 0 spiro atoms. The molecule has 0 amide bonds. The molecule has 3 nitrogen and oxygen atoms in total. The molecule has 0 saturated heterocycles. The predicted octanol–water partition coefficient (Wildman–Crippen LogP) is 4.38. The highest BCUT2D eigenvalue weighted by atomic mass is 15.3. The molecule has 1 aromatic heterocycles. The summed E-state index contributed by atoms with van der Waals surface area (Å²) in [6.45, 7) is 0.971. The number of hydrogen-bond donors (Lipinski definition) is 0. The molecule has 1 aliphatic rings. The third kappa shape index (κ3) is 3.00. The van der Waals surface area contributed by atoms with Gasteiger partial charge in [0.1, 0.15) is 0 Å². The Morgan fingerprint density at radius 1 is 1.08 bits per heavy atom. The van der Waals surface area contributed by atoms with Crippen molar-refractivity contribution in [3.63, 3.8) is 0 Å². The maximum Gasteiger partial charge on any atom is 0.0645 e. The Bertz CT molecular complexity index is 790. The lowest BCUT2D eigenvalue weighted by atomic mass is 9.87. The monoisotopic (exact) mass is 317 g/mol. The van der Waals surface area contributed by atoms with Crippen LogP contribution in [-0.4, -0.2) is 21.7 Å². The van der Waals surface area contributed by atoms with E-state index in [0.717, 1.165) is 12.2 Å². The standard InChI is InChI=1S/C21H23N3/c1-23(21-9-4-7-18-6-2-3-8-20(18)21)16-17-10-12-19(13-11-17)24-15-5-14-22-24/h2-3,5-6,8,10-15,21H,4,7,9,16H2,1H3/t21-/m1/s1. The van der Waals surface area contributed by atoms with Crippen molar-refractivity contribution in [2.24, 2.45) is 0 Å². The highest BCUT2D eigenvalue weighted by Crippen LogP contribution is 2.34. The summed E-state index contributed by atoms with van der Waals surface area (Å²) in [4.78, 5) is 2.49. The zero-order chi connectivity index (χ0) is 16.4. The summed E-state index contributed by atoms with van der Waals surface area (Å²) in [6, 6.07) is 20.1. The van der Waals surface area contributed by atoms with Crippen LogP contribution in [0.3, 0.4) is 0 Å². The summed E-state index contributed by atoms with van der Waals surface area (Å²) in [5, 5.41) is 4.28. The Kier molecular flexibility index (Phi) is 4.18. The van der Waals surface area contributed by atoms with Crippen molar-refractivity contribution in [3.05, 3.63) is 83.7 Å². The average molecular weight is 317 g/mol. The summed E-state index contributed by atoms with van der Waals surface area (Å²) in [5.74, 6) is 0. The minimum atomic E-state index is 0.528. The number of aryl methyl sites for hydroxylation is 1. The molecule has 0 unspecified atom stereocenters. The van der Waals surface area contributed by atoms with Gasteiger partial charge in [0.25, 0.3) is 0 Å². The van der Waals surface area contributed by atoms with Crippen molar-refractivity contribution in [3.8, 4) is 5.69 Å². The molecular formula is C21H23N3. The van der Waals surface area contributed by atoms with Crippen LogP contribution in [-0.2, 0) is 13.0 Å². The number of rotatable bonds is 4. The number of aromatic nitrogens is 2. The molecule has 2 aromatic carbocycles. The van der Waals surface area contributed by atoms with E-state index in [1.165, 1.54) is 36.0 Å². The average Bonchev–Trinajstić information content (AvgIpc) is 3.16. The van der Waals surface area contributed by atoms with Gasteiger partial charge in [0.2, 0.25) is 0 Å². The number of hydrogen-bond acceptors (Lipinski definition) is 2. The second-order valence-corrected chi connectivity index (χ2v) is 6.64. The molecule has 1 heterocycles. The van der Waals surface area contributed by atoms with Crippen LogP contribution in [0.1, 0.15) is 35.6 Å². The fourth-order valence-electron chi connectivity index (χ4n) is 3.76. The highest BCUT2D eigenvalue weighted by molar-refractivity contribution is 5.35. The maximum absolute atomic E-state index is 4.28. The molecule has 0 saturated carbocycles. The van der Waals surface area contributed by atoms with Gasteiger partial charge in [-0.1, -0.05) is 36.4 Å². The number of nitrogens with zero attached hydrogens (tertiary/aromatic N) is 3. The largest absolute Gasteiger partial charge is 0.295 e. The molecule has 0 fully saturated rings. The van der Waals surface area contributed by atoms with Crippen LogP contribution in [0.4, 0.5) is 0 Å². The van der Waals surface area contributed by atoms with Crippen LogP contribution in [0, 0.1) is 0 Å². The first-order chi connectivity index (χ1) is 11.8. The van der Waals surface area contributed by atoms with Crippen LogP contribution in [0.5, 0.6) is 0 Å². The minimum Gasteiger partial charge on any atom is -0.295 e. The predicted molar refractivity (Wildman–Crippen MR) is 97.2 cm³/mol. The van der Waals surface area contributed by atoms with Crippen LogP contribution < -0.4 is 0 Å². The van der Waals surface area contributed by atoms with Crippen molar-refractivity contribution in [2.75, 3.05) is 7.05 Å². The van der Waals surface area contributed by atoms with Crippen LogP contribution in [0.2, 0.25) is 0 Å². The highest BCUT2D eigenvalue weighted by Gasteiger charge is 2.23. The molecule has 1 atom stereocenters. The van der Waals surface area contributed by atoms with Gasteiger partial charge >= 0.3 is 0 Å². The van der Waals surface area contributed by atoms with E-state index in [2.05, 4.69) is 65.6 Å². The van der Waals surface area contributed by atoms with Crippen LogP contribution in [0.25, 0.3) is 5.69 Å². The van der Waals surface area contributed by atoms with E-state index in [9.17, 15) is 0 Å². The van der Waals surface area contributed by atoms with Gasteiger partial charge in [-0.3, -0.25) is 4.90 Å². The Balaban J connectivity index is 1.49. The molecule has 0 N–H and O–H groups in total. The van der Waals surface area contributed by atoms with Crippen molar-refractivity contribution in [2.45, 2.75) is 31.8 Å². The fourth-order valence-corrected chi connectivity index (χ4v) is 3.76. The SMILES string of the molecule is CN(Cc1ccc(-n2cccn2)cc1)[C@@H]1CCCc2ccccc21. The lowest BCUT2D eigenvalue weighted by molar-refractivity contribution is 0.213. The van der Waals surface area contributed by atoms with E-state index in [1.54, 1.807) is 0 Å². The maximum atomic E-state index is 4.28. The summed E-state index contributed by atoms with van der Waals surface area (Å²) in [5.41, 5.74) is 5.49. The van der Waals surface area contributed by atoms with Gasteiger partial charge in [0.05, 0.1) is 5.69 Å². The summed E-state index contributed by atoms with van der Waals surface area (Å²) in [6.07, 6.45) is 7.53. The molecule has 0 aliphatic heterocycles. The van der Waals surface area contributed by atoms with E-state index >= 15 is 0 Å². The Hall–Kier alpha value is -2.39. The molecular weight excluding hydrogens is 294 g/mol. The van der Waals surface area contributed by atoms with Gasteiger partial charge in [-0.05, 0) is 61.2 Å². The van der Waals surface area contributed by atoms with E-state index in [4.69, 9.17) is 0 Å². The molecule has 0 radical (unpaired) electrons. The summed E-state index contributed by atoms with van der Waals surface area (Å²) < 4.78 is 1.89. The Morgan fingerprint density at radius 2 is 1.92 bits per heavy atom. The lowest BCUT2D eigenvalue weighted by Crippen LogP contribution is -2.27. The van der Waals surface area contributed by atoms with Crippen LogP contribution in [0.15, 0.2) is 67.0 Å². The second-order valence-electron chi connectivity index (χ2n) is 6.64. The fraction of sp³-hybridized carbons (Fsp3) is 0.286. The van der Waals surface area contributed by atoms with Crippen molar-refractivity contribution >= 4 is 0 Å². The molecule has 3 heteroatoms. The summed E-state index contributed by atoms with van der Waals surface area (Å²) in [7, 11) is 2.24. The zero-order valence-electron chi connectivity index (χ0n) is 14.1. The molecule has 1 aliphatic carbocycles. The Morgan fingerprint density at radius 3 is 2.71 bits per heavy atom. The molecule has 122 valence electrons. The molecule has 24 heavy (non-hydrogen) atoms. The third-order valence-corrected chi connectivity index (χ3v) is 5.01. The van der Waals surface area contributed by atoms with E-state index in [1.807, 2.05) is 23.1 Å². The van der Waals surface area contributed by atoms with Crippen molar-refractivity contribution < 1.29 is 0 Å². The Labute approximate surface area is 143 Å². The van der Waals surface area contributed by atoms with Gasteiger partial charge in [0, 0.05) is 25.0 Å². The first-order valence-corrected chi connectivity index (χ1v) is 8.68. The topological polar surface area (TPSA) is 21.1 Å². The van der Waals surface area contributed by atoms with E-state index in [0.29, 0.717) is 6.04 Å². The first kappa shape index (κ1) is 15.2. The zero-order valence-corrected chi connectivity index (χ0v) is 14.1. The number of fused-ring (bicyclic) bond motifs is 1. The second kappa shape index (κ2) is 6.62. The minimum absolute atomic E-state index is 0.528. The summed E-state index contributed by atoms with van der Waals surface area (Å²) >= 11 is 0. The smallest absolute Gasteiger partial charge is 0.0645 e. The third-order valence-electron chi connectivity index (χ3n) is 5.01. The van der Waals surface area contributed by atoms with Gasteiger partial charge in [0.15, 0.2) is 0 Å². The molecule has 4 rings (SSSR count). The molecule has 0 bridgehead atoms. The quantitative estimate of drug-likeness (QED) is 0.712. The van der Waals surface area contributed by atoms with Crippen LogP contribution >= 0.6 is 0 Å². The van der Waals surface area contributed by atoms with E-state index in [-0.39, 0.29) is 0 Å². The van der Waals surface area contributed by atoms with Gasteiger partial charge in [-0.15, -0.1) is 0 Å². The van der Waals surface area contributed by atoms with Gasteiger partial charge in [-0.25, -0.2) is 4.68 Å². The molecule has 3 aromatic rings. The van der Waals surface area contributed by atoms with Crippen molar-refractivity contribution in [1.29, 1.82) is 0 Å². The number of benzene rings is 2. The normalized spacial score (nSPS) is 17.0. The van der Waals surface area contributed by atoms with E-state index < -0.39 is 0 Å². The van der Waals surface area contributed by atoms with Crippen molar-refractivity contribution in [1.82, 2.24) is 14.7 Å². The van der Waals surface area contributed by atoms with Gasteiger partial charge < -0.3 is 0 Å².